The van der Waals surface area contributed by atoms with Crippen molar-refractivity contribution in [3.05, 3.63) is 30.0 Å². The van der Waals surface area contributed by atoms with Gasteiger partial charge >= 0.3 is 0 Å². The van der Waals surface area contributed by atoms with Crippen LogP contribution in [0.1, 0.15) is 36.2 Å². The summed E-state index contributed by atoms with van der Waals surface area (Å²) in [5, 5.41) is 16.0. The van der Waals surface area contributed by atoms with Gasteiger partial charge in [0.2, 0.25) is 5.91 Å². The molecule has 1 aliphatic rings. The molecule has 0 spiro atoms. The number of H-pyrrole nitrogens is 1. The van der Waals surface area contributed by atoms with E-state index in [4.69, 9.17) is 5.73 Å². The molecule has 2 amide bonds. The zero-order valence-corrected chi connectivity index (χ0v) is 13.3. The second-order valence-corrected chi connectivity index (χ2v) is 6.17. The van der Waals surface area contributed by atoms with Crippen LogP contribution in [-0.2, 0) is 4.79 Å². The van der Waals surface area contributed by atoms with Crippen LogP contribution in [0.4, 0.5) is 0 Å². The second kappa shape index (κ2) is 6.92. The molecule has 7 heteroatoms. The number of fused-ring (bicyclic) bond motifs is 1. The number of aromatic amines is 1. The summed E-state index contributed by atoms with van der Waals surface area (Å²) in [4.78, 5) is 27.7. The summed E-state index contributed by atoms with van der Waals surface area (Å²) >= 11 is 0. The Hall–Kier alpha value is -2.54. The van der Waals surface area contributed by atoms with E-state index in [1.807, 2.05) is 0 Å². The Labute approximate surface area is 139 Å². The maximum absolute atomic E-state index is 12.5. The van der Waals surface area contributed by atoms with Crippen molar-refractivity contribution in [2.45, 2.75) is 31.7 Å². The average Bonchev–Trinajstić information content (AvgIpc) is 2.98. The van der Waals surface area contributed by atoms with Crippen molar-refractivity contribution in [3.63, 3.8) is 0 Å². The molecule has 1 aromatic carbocycles. The first kappa shape index (κ1) is 16.3. The predicted octanol–water partition coefficient (Wildman–Crippen LogP) is 1.19. The van der Waals surface area contributed by atoms with Crippen LogP contribution in [0.5, 0.6) is 5.75 Å². The summed E-state index contributed by atoms with van der Waals surface area (Å²) in [6.45, 7) is 0.0987. The van der Waals surface area contributed by atoms with E-state index in [2.05, 4.69) is 15.6 Å². The average molecular weight is 330 g/mol. The molecule has 1 saturated carbocycles. The molecule has 128 valence electrons. The maximum atomic E-state index is 12.5. The third kappa shape index (κ3) is 3.35. The summed E-state index contributed by atoms with van der Waals surface area (Å²) in [5.74, 6) is -0.464. The SMILES string of the molecule is NCNC(=O)[C@@H]1CCCC[C@@H]1NC(=O)c1cc2ccc(O)cc2[nH]1. The first-order chi connectivity index (χ1) is 11.6. The van der Waals surface area contributed by atoms with Crippen molar-refractivity contribution < 1.29 is 14.7 Å². The fraction of sp³-hybridized carbons (Fsp3) is 0.412. The number of phenols is 1. The topological polar surface area (TPSA) is 120 Å². The fourth-order valence-corrected chi connectivity index (χ4v) is 3.33. The summed E-state index contributed by atoms with van der Waals surface area (Å²) in [5.41, 5.74) is 6.50. The van der Waals surface area contributed by atoms with E-state index >= 15 is 0 Å². The fourth-order valence-electron chi connectivity index (χ4n) is 3.33. The second-order valence-electron chi connectivity index (χ2n) is 6.17. The summed E-state index contributed by atoms with van der Waals surface area (Å²) in [7, 11) is 0. The Balaban J connectivity index is 1.74. The van der Waals surface area contributed by atoms with Gasteiger partial charge in [0.25, 0.3) is 5.91 Å². The largest absolute Gasteiger partial charge is 0.508 e. The maximum Gasteiger partial charge on any atom is 0.267 e. The van der Waals surface area contributed by atoms with Gasteiger partial charge in [-0.05, 0) is 31.0 Å². The zero-order valence-electron chi connectivity index (χ0n) is 13.3. The molecule has 0 bridgehead atoms. The molecule has 2 aromatic rings. The van der Waals surface area contributed by atoms with Gasteiger partial charge in [-0.25, -0.2) is 0 Å². The monoisotopic (exact) mass is 330 g/mol. The Morgan fingerprint density at radius 2 is 2.04 bits per heavy atom. The van der Waals surface area contributed by atoms with E-state index in [1.54, 1.807) is 24.3 Å². The highest BCUT2D eigenvalue weighted by Gasteiger charge is 2.32. The molecular formula is C17H22N4O3. The van der Waals surface area contributed by atoms with Gasteiger partial charge in [-0.15, -0.1) is 0 Å². The van der Waals surface area contributed by atoms with Gasteiger partial charge in [0.05, 0.1) is 12.6 Å². The van der Waals surface area contributed by atoms with Gasteiger partial charge in [0.1, 0.15) is 11.4 Å². The lowest BCUT2D eigenvalue weighted by Gasteiger charge is -2.31. The molecule has 0 unspecified atom stereocenters. The minimum absolute atomic E-state index is 0.0987. The highest BCUT2D eigenvalue weighted by Crippen LogP contribution is 2.25. The van der Waals surface area contributed by atoms with Gasteiger partial charge in [-0.2, -0.15) is 0 Å². The minimum Gasteiger partial charge on any atom is -0.508 e. The van der Waals surface area contributed by atoms with Crippen LogP contribution in [0.2, 0.25) is 0 Å². The first-order valence-electron chi connectivity index (χ1n) is 8.19. The standard InChI is InChI=1S/C17H22N4O3/c18-9-19-16(23)12-3-1-2-4-13(12)21-17(24)15-7-10-5-6-11(22)8-14(10)20-15/h5-8,12-13,20,22H,1-4,9,18H2,(H,19,23)(H,21,24)/t12-,13+/m1/s1. The molecule has 1 fully saturated rings. The molecule has 0 aliphatic heterocycles. The number of phenolic OH excluding ortho intramolecular Hbond substituents is 1. The summed E-state index contributed by atoms with van der Waals surface area (Å²) < 4.78 is 0. The van der Waals surface area contributed by atoms with Crippen LogP contribution in [0.3, 0.4) is 0 Å². The highest BCUT2D eigenvalue weighted by atomic mass is 16.3. The molecule has 0 saturated heterocycles. The van der Waals surface area contributed by atoms with E-state index < -0.39 is 0 Å². The van der Waals surface area contributed by atoms with E-state index in [9.17, 15) is 14.7 Å². The van der Waals surface area contributed by atoms with Crippen molar-refractivity contribution in [3.8, 4) is 5.75 Å². The number of benzene rings is 1. The van der Waals surface area contributed by atoms with Crippen LogP contribution < -0.4 is 16.4 Å². The number of aromatic nitrogens is 1. The number of nitrogens with two attached hydrogens (primary N) is 1. The number of amides is 2. The van der Waals surface area contributed by atoms with E-state index in [1.165, 1.54) is 0 Å². The Kier molecular flexibility index (Phi) is 4.71. The van der Waals surface area contributed by atoms with Crippen molar-refractivity contribution in [1.29, 1.82) is 0 Å². The van der Waals surface area contributed by atoms with E-state index in [-0.39, 0.29) is 36.2 Å². The predicted molar refractivity (Wildman–Crippen MR) is 90.4 cm³/mol. The van der Waals surface area contributed by atoms with Crippen LogP contribution in [0.15, 0.2) is 24.3 Å². The minimum atomic E-state index is -0.250. The Morgan fingerprint density at radius 3 is 2.83 bits per heavy atom. The molecule has 24 heavy (non-hydrogen) atoms. The molecule has 1 aromatic heterocycles. The number of hydrogen-bond acceptors (Lipinski definition) is 4. The summed E-state index contributed by atoms with van der Waals surface area (Å²) in [6.07, 6.45) is 3.48. The van der Waals surface area contributed by atoms with Crippen LogP contribution >= 0.6 is 0 Å². The van der Waals surface area contributed by atoms with Gasteiger partial charge in [0.15, 0.2) is 0 Å². The van der Waals surface area contributed by atoms with Crippen LogP contribution in [0.25, 0.3) is 10.9 Å². The lowest BCUT2D eigenvalue weighted by Crippen LogP contribution is -2.49. The zero-order chi connectivity index (χ0) is 17.1. The molecule has 3 rings (SSSR count). The third-order valence-electron chi connectivity index (χ3n) is 4.55. The summed E-state index contributed by atoms with van der Waals surface area (Å²) in [6, 6.07) is 6.44. The highest BCUT2D eigenvalue weighted by molar-refractivity contribution is 5.98. The van der Waals surface area contributed by atoms with Crippen molar-refractivity contribution >= 4 is 22.7 Å². The van der Waals surface area contributed by atoms with Crippen LogP contribution in [-0.4, -0.2) is 34.6 Å². The van der Waals surface area contributed by atoms with Crippen LogP contribution in [0, 0.1) is 5.92 Å². The Bertz CT molecular complexity index is 755. The normalized spacial score (nSPS) is 20.7. The van der Waals surface area contributed by atoms with Gasteiger partial charge < -0.3 is 26.5 Å². The Morgan fingerprint density at radius 1 is 1.25 bits per heavy atom. The molecule has 1 heterocycles. The molecule has 7 nitrogen and oxygen atoms in total. The molecule has 0 radical (unpaired) electrons. The van der Waals surface area contributed by atoms with Crippen molar-refractivity contribution in [2.75, 3.05) is 6.67 Å². The number of nitrogens with one attached hydrogen (secondary N) is 3. The quantitative estimate of drug-likeness (QED) is 0.541. The van der Waals surface area contributed by atoms with E-state index in [0.717, 1.165) is 31.1 Å². The molecule has 6 N–H and O–H groups in total. The molecular weight excluding hydrogens is 308 g/mol. The number of aromatic hydroxyl groups is 1. The number of hydrogen-bond donors (Lipinski definition) is 5. The third-order valence-corrected chi connectivity index (χ3v) is 4.55. The number of carbonyl (C=O) groups is 2. The number of carbonyl (C=O) groups excluding carboxylic acids is 2. The molecule has 2 atom stereocenters. The molecule has 1 aliphatic carbocycles. The number of rotatable bonds is 4. The lowest BCUT2D eigenvalue weighted by molar-refractivity contribution is -0.126. The smallest absolute Gasteiger partial charge is 0.267 e. The van der Waals surface area contributed by atoms with Gasteiger partial charge in [0, 0.05) is 23.0 Å². The van der Waals surface area contributed by atoms with Crippen molar-refractivity contribution in [2.24, 2.45) is 11.7 Å². The lowest BCUT2D eigenvalue weighted by atomic mass is 9.83. The van der Waals surface area contributed by atoms with E-state index in [0.29, 0.717) is 11.2 Å². The van der Waals surface area contributed by atoms with Gasteiger partial charge in [-0.3, -0.25) is 9.59 Å². The van der Waals surface area contributed by atoms with Gasteiger partial charge in [-0.1, -0.05) is 12.8 Å². The van der Waals surface area contributed by atoms with Crippen molar-refractivity contribution in [1.82, 2.24) is 15.6 Å². The first-order valence-corrected chi connectivity index (χ1v) is 8.19.